The Morgan fingerprint density at radius 2 is 1.87 bits per heavy atom. The standard InChI is InChI=1S/C18H22BNO3/c1-17(2)18(3,4)23-19(22-17)15(12-21)10-13-7-8-14-6-5-9-20-16(14)11-13/h5-11,21H,12H2,1-4H3. The third kappa shape index (κ3) is 3.04. The smallest absolute Gasteiger partial charge is 0.400 e. The molecule has 1 aliphatic rings. The quantitative estimate of drug-likeness (QED) is 0.884. The first kappa shape index (κ1) is 16.2. The molecule has 23 heavy (non-hydrogen) atoms. The number of pyridine rings is 1. The van der Waals surface area contributed by atoms with Crippen molar-refractivity contribution in [2.75, 3.05) is 6.61 Å². The van der Waals surface area contributed by atoms with Crippen LogP contribution in [0.25, 0.3) is 17.0 Å². The van der Waals surface area contributed by atoms with Gasteiger partial charge in [0.05, 0.1) is 23.3 Å². The second-order valence-electron chi connectivity index (χ2n) is 6.92. The van der Waals surface area contributed by atoms with E-state index < -0.39 is 18.3 Å². The molecule has 5 heteroatoms. The van der Waals surface area contributed by atoms with E-state index in [1.807, 2.05) is 64.1 Å². The van der Waals surface area contributed by atoms with E-state index in [4.69, 9.17) is 9.31 Å². The second kappa shape index (κ2) is 5.75. The van der Waals surface area contributed by atoms with Crippen LogP contribution < -0.4 is 0 Å². The molecule has 0 spiro atoms. The first-order valence-corrected chi connectivity index (χ1v) is 7.84. The second-order valence-corrected chi connectivity index (χ2v) is 6.92. The van der Waals surface area contributed by atoms with Gasteiger partial charge in [0.25, 0.3) is 0 Å². The molecule has 1 aromatic heterocycles. The van der Waals surface area contributed by atoms with E-state index >= 15 is 0 Å². The zero-order valence-electron chi connectivity index (χ0n) is 14.0. The maximum absolute atomic E-state index is 9.76. The Balaban J connectivity index is 1.92. The van der Waals surface area contributed by atoms with Crippen LogP contribution >= 0.6 is 0 Å². The Kier molecular flexibility index (Phi) is 4.04. The van der Waals surface area contributed by atoms with Gasteiger partial charge in [0, 0.05) is 11.6 Å². The van der Waals surface area contributed by atoms with Crippen molar-refractivity contribution in [3.8, 4) is 0 Å². The van der Waals surface area contributed by atoms with Gasteiger partial charge in [-0.25, -0.2) is 0 Å². The van der Waals surface area contributed by atoms with Crippen molar-refractivity contribution in [1.82, 2.24) is 4.98 Å². The van der Waals surface area contributed by atoms with Gasteiger partial charge in [0.1, 0.15) is 0 Å². The predicted molar refractivity (Wildman–Crippen MR) is 92.9 cm³/mol. The van der Waals surface area contributed by atoms with Crippen LogP contribution in [0.4, 0.5) is 0 Å². The zero-order valence-corrected chi connectivity index (χ0v) is 14.0. The minimum Gasteiger partial charge on any atom is -0.400 e. The lowest BCUT2D eigenvalue weighted by Crippen LogP contribution is -2.41. The molecule has 1 aliphatic heterocycles. The Hall–Kier alpha value is -1.69. The number of aliphatic hydroxyl groups excluding tert-OH is 1. The molecule has 2 heterocycles. The van der Waals surface area contributed by atoms with Crippen molar-refractivity contribution in [3.05, 3.63) is 47.6 Å². The summed E-state index contributed by atoms with van der Waals surface area (Å²) in [6, 6.07) is 9.97. The van der Waals surface area contributed by atoms with E-state index in [0.717, 1.165) is 16.5 Å². The van der Waals surface area contributed by atoms with E-state index in [-0.39, 0.29) is 6.61 Å². The van der Waals surface area contributed by atoms with Crippen molar-refractivity contribution in [2.45, 2.75) is 38.9 Å². The fourth-order valence-electron chi connectivity index (χ4n) is 2.57. The molecule has 0 amide bonds. The lowest BCUT2D eigenvalue weighted by atomic mass is 9.77. The Bertz CT molecular complexity index is 739. The van der Waals surface area contributed by atoms with Gasteiger partial charge in [-0.05, 0) is 50.9 Å². The summed E-state index contributed by atoms with van der Waals surface area (Å²) in [5, 5.41) is 10.8. The Morgan fingerprint density at radius 1 is 1.17 bits per heavy atom. The van der Waals surface area contributed by atoms with Crippen molar-refractivity contribution in [1.29, 1.82) is 0 Å². The molecule has 0 saturated carbocycles. The molecule has 0 atom stereocenters. The molecule has 1 N–H and O–H groups in total. The maximum Gasteiger partial charge on any atom is 0.492 e. The van der Waals surface area contributed by atoms with Crippen LogP contribution in [0, 0.1) is 0 Å². The minimum atomic E-state index is -0.538. The highest BCUT2D eigenvalue weighted by molar-refractivity contribution is 6.55. The molecule has 1 saturated heterocycles. The van der Waals surface area contributed by atoms with Crippen molar-refractivity contribution in [2.24, 2.45) is 0 Å². The van der Waals surface area contributed by atoms with Crippen LogP contribution in [-0.2, 0) is 9.31 Å². The summed E-state index contributed by atoms with van der Waals surface area (Å²) >= 11 is 0. The first-order chi connectivity index (χ1) is 10.8. The molecule has 1 fully saturated rings. The molecular weight excluding hydrogens is 289 g/mol. The highest BCUT2D eigenvalue weighted by atomic mass is 16.7. The monoisotopic (exact) mass is 311 g/mol. The summed E-state index contributed by atoms with van der Waals surface area (Å²) in [5.74, 6) is 0. The minimum absolute atomic E-state index is 0.114. The number of fused-ring (bicyclic) bond motifs is 1. The topological polar surface area (TPSA) is 51.6 Å². The summed E-state index contributed by atoms with van der Waals surface area (Å²) in [7, 11) is -0.538. The van der Waals surface area contributed by atoms with Crippen molar-refractivity contribution in [3.63, 3.8) is 0 Å². The summed E-state index contributed by atoms with van der Waals surface area (Å²) in [5.41, 5.74) is 1.76. The highest BCUT2D eigenvalue weighted by Gasteiger charge is 2.52. The van der Waals surface area contributed by atoms with E-state index in [9.17, 15) is 5.11 Å². The molecule has 3 rings (SSSR count). The van der Waals surface area contributed by atoms with E-state index in [2.05, 4.69) is 4.98 Å². The molecule has 2 aromatic rings. The van der Waals surface area contributed by atoms with Gasteiger partial charge >= 0.3 is 7.12 Å². The fraction of sp³-hybridized carbons (Fsp3) is 0.389. The maximum atomic E-state index is 9.76. The predicted octanol–water partition coefficient (Wildman–Crippen LogP) is 3.24. The highest BCUT2D eigenvalue weighted by Crippen LogP contribution is 2.38. The summed E-state index contributed by atoms with van der Waals surface area (Å²) in [4.78, 5) is 4.36. The molecular formula is C18H22BNO3. The van der Waals surface area contributed by atoms with Gasteiger partial charge in [0.2, 0.25) is 0 Å². The van der Waals surface area contributed by atoms with E-state index in [1.165, 1.54) is 0 Å². The number of nitrogens with zero attached hydrogens (tertiary/aromatic N) is 1. The summed E-state index contributed by atoms with van der Waals surface area (Å²) < 4.78 is 12.0. The largest absolute Gasteiger partial charge is 0.492 e. The third-order valence-corrected chi connectivity index (χ3v) is 4.72. The lowest BCUT2D eigenvalue weighted by Gasteiger charge is -2.32. The average molecular weight is 311 g/mol. The van der Waals surface area contributed by atoms with Crippen LogP contribution in [0.15, 0.2) is 42.0 Å². The summed E-state index contributed by atoms with van der Waals surface area (Å²) in [6.45, 7) is 7.89. The summed E-state index contributed by atoms with van der Waals surface area (Å²) in [6.07, 6.45) is 3.69. The average Bonchev–Trinajstić information content (AvgIpc) is 2.72. The van der Waals surface area contributed by atoms with Crippen LogP contribution in [0.2, 0.25) is 0 Å². The van der Waals surface area contributed by atoms with Gasteiger partial charge in [-0.3, -0.25) is 4.98 Å². The lowest BCUT2D eigenvalue weighted by molar-refractivity contribution is 0.00578. The normalized spacial score (nSPS) is 20.2. The molecule has 0 radical (unpaired) electrons. The van der Waals surface area contributed by atoms with Gasteiger partial charge in [-0.2, -0.15) is 0 Å². The molecule has 0 bridgehead atoms. The van der Waals surface area contributed by atoms with Crippen molar-refractivity contribution < 1.29 is 14.4 Å². The number of rotatable bonds is 3. The molecule has 0 aliphatic carbocycles. The van der Waals surface area contributed by atoms with Gasteiger partial charge in [-0.1, -0.05) is 24.3 Å². The first-order valence-electron chi connectivity index (χ1n) is 7.84. The number of benzene rings is 1. The fourth-order valence-corrected chi connectivity index (χ4v) is 2.57. The Morgan fingerprint density at radius 3 is 2.52 bits per heavy atom. The number of hydrogen-bond acceptors (Lipinski definition) is 4. The van der Waals surface area contributed by atoms with Crippen molar-refractivity contribution >= 4 is 24.1 Å². The molecule has 4 nitrogen and oxygen atoms in total. The molecule has 120 valence electrons. The Labute approximate surface area is 137 Å². The van der Waals surface area contributed by atoms with Crippen LogP contribution in [0.5, 0.6) is 0 Å². The van der Waals surface area contributed by atoms with Gasteiger partial charge < -0.3 is 14.4 Å². The molecule has 1 aromatic carbocycles. The number of aliphatic hydroxyl groups is 1. The SMILES string of the molecule is CC1(C)OB(C(=Cc2ccc3cccnc3c2)CO)OC1(C)C. The van der Waals surface area contributed by atoms with Crippen LogP contribution in [0.1, 0.15) is 33.3 Å². The van der Waals surface area contributed by atoms with E-state index in [1.54, 1.807) is 6.20 Å². The number of aromatic nitrogens is 1. The third-order valence-electron chi connectivity index (χ3n) is 4.72. The molecule has 0 unspecified atom stereocenters. The number of hydrogen-bond donors (Lipinski definition) is 1. The van der Waals surface area contributed by atoms with Gasteiger partial charge in [0.15, 0.2) is 0 Å². The van der Waals surface area contributed by atoms with Crippen LogP contribution in [0.3, 0.4) is 0 Å². The zero-order chi connectivity index (χ0) is 16.7. The van der Waals surface area contributed by atoms with E-state index in [0.29, 0.717) is 5.47 Å². The van der Waals surface area contributed by atoms with Crippen LogP contribution in [-0.4, -0.2) is 35.0 Å². The van der Waals surface area contributed by atoms with Gasteiger partial charge in [-0.15, -0.1) is 0 Å².